The predicted molar refractivity (Wildman–Crippen MR) is 87.1 cm³/mol. The Kier molecular flexibility index (Phi) is 3.51. The fourth-order valence-corrected chi connectivity index (χ4v) is 2.63. The molecule has 1 aromatic heterocycles. The highest BCUT2D eigenvalue weighted by atomic mass is 16.2. The Labute approximate surface area is 128 Å². The molecule has 3 aromatic rings. The Hall–Kier alpha value is -2.88. The Morgan fingerprint density at radius 1 is 0.955 bits per heavy atom. The number of anilines is 1. The SMILES string of the molecule is Cc1c(C(=O)C(=O)Nc2ccccc2)c2ccccc2n1C. The zero-order valence-electron chi connectivity index (χ0n) is 12.5. The average molecular weight is 292 g/mol. The summed E-state index contributed by atoms with van der Waals surface area (Å²) in [5.74, 6) is -1.14. The van der Waals surface area contributed by atoms with Gasteiger partial charge in [-0.15, -0.1) is 0 Å². The molecule has 1 N–H and O–H groups in total. The van der Waals surface area contributed by atoms with Crippen LogP contribution in [0.25, 0.3) is 10.9 Å². The fourth-order valence-electron chi connectivity index (χ4n) is 2.63. The van der Waals surface area contributed by atoms with Gasteiger partial charge in [0.1, 0.15) is 0 Å². The lowest BCUT2D eigenvalue weighted by molar-refractivity contribution is -0.112. The van der Waals surface area contributed by atoms with Crippen molar-refractivity contribution in [3.63, 3.8) is 0 Å². The van der Waals surface area contributed by atoms with E-state index in [2.05, 4.69) is 5.32 Å². The van der Waals surface area contributed by atoms with Gasteiger partial charge in [0.05, 0.1) is 5.56 Å². The van der Waals surface area contributed by atoms with Gasteiger partial charge in [0.15, 0.2) is 0 Å². The third-order valence-electron chi connectivity index (χ3n) is 3.86. The van der Waals surface area contributed by atoms with Crippen LogP contribution in [0.15, 0.2) is 54.6 Å². The molecule has 0 saturated heterocycles. The summed E-state index contributed by atoms with van der Waals surface area (Å²) >= 11 is 0. The second kappa shape index (κ2) is 5.48. The number of nitrogens with zero attached hydrogens (tertiary/aromatic N) is 1. The van der Waals surface area contributed by atoms with E-state index in [1.165, 1.54) is 0 Å². The normalized spacial score (nSPS) is 10.6. The van der Waals surface area contributed by atoms with Crippen LogP contribution in [0, 0.1) is 6.92 Å². The number of Topliss-reactive ketones (excluding diaryl/α,β-unsaturated/α-hetero) is 1. The van der Waals surface area contributed by atoms with Crippen LogP contribution >= 0.6 is 0 Å². The molecule has 0 unspecified atom stereocenters. The number of fused-ring (bicyclic) bond motifs is 1. The number of nitrogens with one attached hydrogen (secondary N) is 1. The maximum atomic E-state index is 12.6. The van der Waals surface area contributed by atoms with Crippen molar-refractivity contribution in [2.75, 3.05) is 5.32 Å². The standard InChI is InChI=1S/C18H16N2O2/c1-12-16(14-10-6-7-11-15(14)20(12)2)17(21)18(22)19-13-8-4-3-5-9-13/h3-11H,1-2H3,(H,19,22). The molecule has 0 atom stereocenters. The quantitative estimate of drug-likeness (QED) is 0.595. The summed E-state index contributed by atoms with van der Waals surface area (Å²) in [7, 11) is 1.89. The minimum atomic E-state index is -0.620. The number of aryl methyl sites for hydroxylation is 1. The molecule has 0 aliphatic rings. The summed E-state index contributed by atoms with van der Waals surface area (Å²) in [4.78, 5) is 24.8. The van der Waals surface area contributed by atoms with E-state index in [1.54, 1.807) is 12.1 Å². The Morgan fingerprint density at radius 3 is 2.32 bits per heavy atom. The first-order chi connectivity index (χ1) is 10.6. The van der Waals surface area contributed by atoms with Crippen molar-refractivity contribution >= 4 is 28.3 Å². The zero-order valence-corrected chi connectivity index (χ0v) is 12.5. The van der Waals surface area contributed by atoms with E-state index < -0.39 is 11.7 Å². The lowest BCUT2D eigenvalue weighted by Crippen LogP contribution is -2.23. The maximum absolute atomic E-state index is 12.6. The van der Waals surface area contributed by atoms with Crippen LogP contribution in [0.1, 0.15) is 16.1 Å². The van der Waals surface area contributed by atoms with Crippen molar-refractivity contribution in [1.82, 2.24) is 4.57 Å². The molecule has 0 bridgehead atoms. The molecule has 0 aliphatic carbocycles. The van der Waals surface area contributed by atoms with Gasteiger partial charge in [0, 0.05) is 29.3 Å². The first-order valence-corrected chi connectivity index (χ1v) is 7.04. The van der Waals surface area contributed by atoms with E-state index >= 15 is 0 Å². The Balaban J connectivity index is 1.99. The first kappa shape index (κ1) is 14.1. The van der Waals surface area contributed by atoms with Crippen molar-refractivity contribution in [2.24, 2.45) is 7.05 Å². The van der Waals surface area contributed by atoms with Gasteiger partial charge in [-0.1, -0.05) is 36.4 Å². The van der Waals surface area contributed by atoms with E-state index in [1.807, 2.05) is 61.0 Å². The van der Waals surface area contributed by atoms with Crippen LogP contribution in [0.3, 0.4) is 0 Å². The molecule has 0 radical (unpaired) electrons. The second-order valence-corrected chi connectivity index (χ2v) is 5.19. The number of carbonyl (C=O) groups is 2. The number of hydrogen-bond acceptors (Lipinski definition) is 2. The van der Waals surface area contributed by atoms with E-state index in [0.29, 0.717) is 11.3 Å². The highest BCUT2D eigenvalue weighted by Gasteiger charge is 2.24. The summed E-state index contributed by atoms with van der Waals surface area (Å²) in [6, 6.07) is 16.6. The van der Waals surface area contributed by atoms with Gasteiger partial charge in [0.2, 0.25) is 0 Å². The van der Waals surface area contributed by atoms with Crippen molar-refractivity contribution in [3.8, 4) is 0 Å². The molecule has 4 nitrogen and oxygen atoms in total. The van der Waals surface area contributed by atoms with E-state index in [4.69, 9.17) is 0 Å². The third kappa shape index (κ3) is 2.29. The number of benzene rings is 2. The molecular weight excluding hydrogens is 276 g/mol. The van der Waals surface area contributed by atoms with Gasteiger partial charge in [-0.2, -0.15) is 0 Å². The largest absolute Gasteiger partial charge is 0.347 e. The van der Waals surface area contributed by atoms with Gasteiger partial charge in [-0.25, -0.2) is 0 Å². The number of carbonyl (C=O) groups excluding carboxylic acids is 2. The second-order valence-electron chi connectivity index (χ2n) is 5.19. The lowest BCUT2D eigenvalue weighted by Gasteiger charge is -2.05. The number of ketones is 1. The van der Waals surface area contributed by atoms with Crippen LogP contribution in [0.4, 0.5) is 5.69 Å². The van der Waals surface area contributed by atoms with Gasteiger partial charge in [-0.3, -0.25) is 9.59 Å². The molecule has 0 saturated carbocycles. The zero-order chi connectivity index (χ0) is 15.7. The van der Waals surface area contributed by atoms with Crippen LogP contribution < -0.4 is 5.32 Å². The molecule has 1 heterocycles. The van der Waals surface area contributed by atoms with Crippen LogP contribution in [0.5, 0.6) is 0 Å². The van der Waals surface area contributed by atoms with E-state index in [0.717, 1.165) is 16.6 Å². The van der Waals surface area contributed by atoms with Crippen LogP contribution in [0.2, 0.25) is 0 Å². The van der Waals surface area contributed by atoms with Crippen LogP contribution in [-0.2, 0) is 11.8 Å². The minimum absolute atomic E-state index is 0.464. The van der Waals surface area contributed by atoms with Gasteiger partial charge in [-0.05, 0) is 25.1 Å². The minimum Gasteiger partial charge on any atom is -0.347 e. The molecule has 22 heavy (non-hydrogen) atoms. The number of hydrogen-bond donors (Lipinski definition) is 1. The number of aromatic nitrogens is 1. The third-order valence-corrected chi connectivity index (χ3v) is 3.86. The highest BCUT2D eigenvalue weighted by Crippen LogP contribution is 2.25. The summed E-state index contributed by atoms with van der Waals surface area (Å²) in [5, 5.41) is 3.45. The molecule has 0 aliphatic heterocycles. The molecule has 4 heteroatoms. The van der Waals surface area contributed by atoms with Crippen LogP contribution in [-0.4, -0.2) is 16.3 Å². The summed E-state index contributed by atoms with van der Waals surface area (Å²) < 4.78 is 1.93. The Bertz CT molecular complexity index is 863. The molecule has 0 spiro atoms. The first-order valence-electron chi connectivity index (χ1n) is 7.04. The number of amides is 1. The molecule has 3 rings (SSSR count). The van der Waals surface area contributed by atoms with Gasteiger partial charge < -0.3 is 9.88 Å². The number of para-hydroxylation sites is 2. The smallest absolute Gasteiger partial charge is 0.296 e. The number of rotatable bonds is 3. The summed E-state index contributed by atoms with van der Waals surface area (Å²) in [5.41, 5.74) is 2.80. The molecule has 0 fully saturated rings. The fraction of sp³-hybridized carbons (Fsp3) is 0.111. The maximum Gasteiger partial charge on any atom is 0.296 e. The monoisotopic (exact) mass is 292 g/mol. The predicted octanol–water partition coefficient (Wildman–Crippen LogP) is 3.31. The van der Waals surface area contributed by atoms with E-state index in [-0.39, 0.29) is 0 Å². The topological polar surface area (TPSA) is 51.1 Å². The molecule has 110 valence electrons. The molecule has 1 amide bonds. The van der Waals surface area contributed by atoms with Gasteiger partial charge in [0.25, 0.3) is 11.7 Å². The molecule has 2 aromatic carbocycles. The highest BCUT2D eigenvalue weighted by molar-refractivity contribution is 6.48. The van der Waals surface area contributed by atoms with Crippen molar-refractivity contribution in [2.45, 2.75) is 6.92 Å². The summed E-state index contributed by atoms with van der Waals surface area (Å²) in [6.07, 6.45) is 0. The lowest BCUT2D eigenvalue weighted by atomic mass is 10.1. The average Bonchev–Trinajstić information content (AvgIpc) is 2.79. The van der Waals surface area contributed by atoms with Crippen molar-refractivity contribution in [3.05, 3.63) is 65.9 Å². The Morgan fingerprint density at radius 2 is 1.59 bits per heavy atom. The van der Waals surface area contributed by atoms with Crippen molar-refractivity contribution in [1.29, 1.82) is 0 Å². The van der Waals surface area contributed by atoms with Gasteiger partial charge >= 0.3 is 0 Å². The van der Waals surface area contributed by atoms with E-state index in [9.17, 15) is 9.59 Å². The van der Waals surface area contributed by atoms with Crippen molar-refractivity contribution < 1.29 is 9.59 Å². The molecular formula is C18H16N2O2. The summed E-state index contributed by atoms with van der Waals surface area (Å²) in [6.45, 7) is 1.85.